The number of amides is 1. The SMILES string of the molecule is NC(=O)C1(NC2CC2)CCCC1CCSc1ccncn1. The predicted molar refractivity (Wildman–Crippen MR) is 82.8 cm³/mol. The lowest BCUT2D eigenvalue weighted by Gasteiger charge is -2.34. The van der Waals surface area contributed by atoms with Crippen molar-refractivity contribution in [3.8, 4) is 0 Å². The van der Waals surface area contributed by atoms with Crippen LogP contribution in [0.15, 0.2) is 23.6 Å². The highest BCUT2D eigenvalue weighted by molar-refractivity contribution is 7.99. The Labute approximate surface area is 129 Å². The summed E-state index contributed by atoms with van der Waals surface area (Å²) in [6.45, 7) is 0. The minimum atomic E-state index is -0.465. The number of hydrogen-bond donors (Lipinski definition) is 2. The van der Waals surface area contributed by atoms with Gasteiger partial charge in [-0.05, 0) is 49.8 Å². The number of aromatic nitrogens is 2. The van der Waals surface area contributed by atoms with Crippen LogP contribution in [0, 0.1) is 5.92 Å². The summed E-state index contributed by atoms with van der Waals surface area (Å²) in [7, 11) is 0. The van der Waals surface area contributed by atoms with Gasteiger partial charge in [-0.25, -0.2) is 9.97 Å². The van der Waals surface area contributed by atoms with Crippen molar-refractivity contribution in [1.82, 2.24) is 15.3 Å². The summed E-state index contributed by atoms with van der Waals surface area (Å²) in [6.07, 6.45) is 9.75. The van der Waals surface area contributed by atoms with Crippen molar-refractivity contribution < 1.29 is 4.79 Å². The van der Waals surface area contributed by atoms with E-state index >= 15 is 0 Å². The molecule has 2 aliphatic rings. The molecule has 6 heteroatoms. The lowest BCUT2D eigenvalue weighted by molar-refractivity contribution is -0.126. The maximum atomic E-state index is 12.1. The highest BCUT2D eigenvalue weighted by atomic mass is 32.2. The van der Waals surface area contributed by atoms with E-state index in [2.05, 4.69) is 15.3 Å². The minimum absolute atomic E-state index is 0.163. The molecule has 0 aliphatic heterocycles. The highest BCUT2D eigenvalue weighted by Gasteiger charge is 2.49. The first-order valence-electron chi connectivity index (χ1n) is 7.67. The molecule has 2 fully saturated rings. The van der Waals surface area contributed by atoms with E-state index < -0.39 is 5.54 Å². The second kappa shape index (κ2) is 6.32. The number of rotatable bonds is 7. The Balaban J connectivity index is 1.58. The van der Waals surface area contributed by atoms with Gasteiger partial charge in [-0.1, -0.05) is 6.42 Å². The lowest BCUT2D eigenvalue weighted by atomic mass is 9.84. The Morgan fingerprint density at radius 3 is 3.00 bits per heavy atom. The van der Waals surface area contributed by atoms with Crippen LogP contribution in [0.1, 0.15) is 38.5 Å². The van der Waals surface area contributed by atoms with Crippen LogP contribution in [0.2, 0.25) is 0 Å². The predicted octanol–water partition coefficient (Wildman–Crippen LogP) is 1.73. The van der Waals surface area contributed by atoms with E-state index in [0.29, 0.717) is 12.0 Å². The van der Waals surface area contributed by atoms with Crippen molar-refractivity contribution in [2.45, 2.75) is 55.1 Å². The largest absolute Gasteiger partial charge is 0.368 e. The van der Waals surface area contributed by atoms with Gasteiger partial charge in [-0.15, -0.1) is 11.8 Å². The van der Waals surface area contributed by atoms with Crippen LogP contribution in [0.3, 0.4) is 0 Å². The Hall–Kier alpha value is -1.14. The van der Waals surface area contributed by atoms with Crippen molar-refractivity contribution in [3.05, 3.63) is 18.6 Å². The van der Waals surface area contributed by atoms with Gasteiger partial charge in [0.1, 0.15) is 11.9 Å². The smallest absolute Gasteiger partial charge is 0.238 e. The number of hydrogen-bond acceptors (Lipinski definition) is 5. The fourth-order valence-electron chi connectivity index (χ4n) is 3.32. The summed E-state index contributed by atoms with van der Waals surface area (Å²) in [4.78, 5) is 20.2. The van der Waals surface area contributed by atoms with Crippen LogP contribution in [0.5, 0.6) is 0 Å². The summed E-state index contributed by atoms with van der Waals surface area (Å²) < 4.78 is 0. The molecular weight excluding hydrogens is 284 g/mol. The second-order valence-electron chi connectivity index (χ2n) is 6.03. The molecule has 2 saturated carbocycles. The standard InChI is InChI=1S/C15H22N4OS/c16-14(20)15(19-12-3-4-12)7-1-2-11(15)6-9-21-13-5-8-17-10-18-13/h5,8,10-12,19H,1-4,6-7,9H2,(H2,16,20). The fraction of sp³-hybridized carbons (Fsp3) is 0.667. The molecule has 1 heterocycles. The van der Waals surface area contributed by atoms with E-state index in [4.69, 9.17) is 5.73 Å². The molecule has 3 rings (SSSR count). The highest BCUT2D eigenvalue weighted by Crippen LogP contribution is 2.41. The Morgan fingerprint density at radius 1 is 1.48 bits per heavy atom. The van der Waals surface area contributed by atoms with Crippen LogP contribution >= 0.6 is 11.8 Å². The summed E-state index contributed by atoms with van der Waals surface area (Å²) >= 11 is 1.72. The van der Waals surface area contributed by atoms with E-state index in [1.807, 2.05) is 6.07 Å². The summed E-state index contributed by atoms with van der Waals surface area (Å²) in [6, 6.07) is 2.43. The third-order valence-corrected chi connectivity index (χ3v) is 5.55. The number of nitrogens with two attached hydrogens (primary N) is 1. The van der Waals surface area contributed by atoms with Crippen LogP contribution in [-0.4, -0.2) is 33.2 Å². The van der Waals surface area contributed by atoms with Crippen molar-refractivity contribution in [1.29, 1.82) is 0 Å². The molecule has 1 aromatic rings. The summed E-state index contributed by atoms with van der Waals surface area (Å²) in [5.41, 5.74) is 5.29. The molecule has 114 valence electrons. The normalized spacial score (nSPS) is 28.7. The first-order valence-corrected chi connectivity index (χ1v) is 8.66. The van der Waals surface area contributed by atoms with Gasteiger partial charge in [0.25, 0.3) is 0 Å². The van der Waals surface area contributed by atoms with Crippen LogP contribution in [0.25, 0.3) is 0 Å². The molecule has 2 atom stereocenters. The van der Waals surface area contributed by atoms with Gasteiger partial charge in [-0.2, -0.15) is 0 Å². The molecule has 1 amide bonds. The van der Waals surface area contributed by atoms with Gasteiger partial charge in [-0.3, -0.25) is 4.79 Å². The molecule has 0 radical (unpaired) electrons. The summed E-state index contributed by atoms with van der Waals surface area (Å²) in [5, 5.41) is 4.54. The molecule has 0 saturated heterocycles. The first-order chi connectivity index (χ1) is 10.2. The maximum Gasteiger partial charge on any atom is 0.238 e. The van der Waals surface area contributed by atoms with Crippen LogP contribution in [0.4, 0.5) is 0 Å². The van der Waals surface area contributed by atoms with Crippen molar-refractivity contribution in [2.75, 3.05) is 5.75 Å². The zero-order valence-corrected chi connectivity index (χ0v) is 12.9. The zero-order chi connectivity index (χ0) is 14.7. The average molecular weight is 306 g/mol. The summed E-state index contributed by atoms with van der Waals surface area (Å²) in [5.74, 6) is 1.15. The van der Waals surface area contributed by atoms with Crippen LogP contribution in [-0.2, 0) is 4.79 Å². The monoisotopic (exact) mass is 306 g/mol. The number of primary amides is 1. The third-order valence-electron chi connectivity index (χ3n) is 4.57. The molecule has 21 heavy (non-hydrogen) atoms. The molecule has 5 nitrogen and oxygen atoms in total. The molecule has 0 bridgehead atoms. The number of thioether (sulfide) groups is 1. The number of carbonyl (C=O) groups excluding carboxylic acids is 1. The molecule has 1 aromatic heterocycles. The van der Waals surface area contributed by atoms with E-state index in [9.17, 15) is 4.79 Å². The fourth-order valence-corrected chi connectivity index (χ4v) is 4.21. The quantitative estimate of drug-likeness (QED) is 0.592. The number of nitrogens with zero attached hydrogens (tertiary/aromatic N) is 2. The van der Waals surface area contributed by atoms with Gasteiger partial charge in [0.05, 0.1) is 5.03 Å². The molecule has 2 unspecified atom stereocenters. The molecule has 2 aliphatic carbocycles. The first kappa shape index (κ1) is 14.8. The average Bonchev–Trinajstić information content (AvgIpc) is 3.20. The van der Waals surface area contributed by atoms with Crippen LogP contribution < -0.4 is 11.1 Å². The number of nitrogens with one attached hydrogen (secondary N) is 1. The maximum absolute atomic E-state index is 12.1. The second-order valence-corrected chi connectivity index (χ2v) is 7.14. The van der Waals surface area contributed by atoms with Gasteiger partial charge in [0, 0.05) is 12.2 Å². The Morgan fingerprint density at radius 2 is 2.33 bits per heavy atom. The van der Waals surface area contributed by atoms with E-state index in [1.165, 1.54) is 12.8 Å². The van der Waals surface area contributed by atoms with Gasteiger partial charge in [0.2, 0.25) is 5.91 Å². The molecule has 3 N–H and O–H groups in total. The topological polar surface area (TPSA) is 80.9 Å². The van der Waals surface area contributed by atoms with E-state index in [1.54, 1.807) is 24.3 Å². The van der Waals surface area contributed by atoms with E-state index in [0.717, 1.165) is 36.5 Å². The minimum Gasteiger partial charge on any atom is -0.368 e. The number of carbonyl (C=O) groups is 1. The van der Waals surface area contributed by atoms with Crippen molar-refractivity contribution in [3.63, 3.8) is 0 Å². The third kappa shape index (κ3) is 3.37. The van der Waals surface area contributed by atoms with Gasteiger partial charge in [0.15, 0.2) is 0 Å². The van der Waals surface area contributed by atoms with Crippen molar-refractivity contribution >= 4 is 17.7 Å². The van der Waals surface area contributed by atoms with E-state index in [-0.39, 0.29) is 5.91 Å². The Bertz CT molecular complexity index is 494. The molecule has 0 aromatic carbocycles. The zero-order valence-electron chi connectivity index (χ0n) is 12.1. The van der Waals surface area contributed by atoms with Gasteiger partial charge >= 0.3 is 0 Å². The molecular formula is C15H22N4OS. The lowest BCUT2D eigenvalue weighted by Crippen LogP contribution is -2.58. The van der Waals surface area contributed by atoms with Crippen molar-refractivity contribution in [2.24, 2.45) is 11.7 Å². The molecule has 0 spiro atoms. The Kier molecular flexibility index (Phi) is 4.45. The van der Waals surface area contributed by atoms with Gasteiger partial charge < -0.3 is 11.1 Å².